The normalized spacial score (nSPS) is 14.9. The summed E-state index contributed by atoms with van der Waals surface area (Å²) < 4.78 is 5.94. The topological polar surface area (TPSA) is 34.0 Å². The summed E-state index contributed by atoms with van der Waals surface area (Å²) in [5, 5.41) is 1.96. The third-order valence-electron chi connectivity index (χ3n) is 4.82. The van der Waals surface area contributed by atoms with E-state index in [0.29, 0.717) is 0 Å². The zero-order valence-corrected chi connectivity index (χ0v) is 16.0. The SMILES string of the molecule is O=C(c1cccs1)N1CC[NH+](Cc2cccc(Oc3ccccc3)c2)CC1. The minimum Gasteiger partial charge on any atom is -0.457 e. The second kappa shape index (κ2) is 8.37. The zero-order chi connectivity index (χ0) is 18.5. The monoisotopic (exact) mass is 379 g/mol. The molecule has 0 aliphatic carbocycles. The van der Waals surface area contributed by atoms with Crippen molar-refractivity contribution in [1.82, 2.24) is 4.90 Å². The molecular formula is C22H23N2O2S+. The standard InChI is InChI=1S/C22H22N2O2S/c25-22(21-10-5-15-27-21)24-13-11-23(12-14-24)17-18-6-4-9-20(16-18)26-19-7-2-1-3-8-19/h1-10,15-16H,11-14,17H2/p+1. The molecule has 27 heavy (non-hydrogen) atoms. The van der Waals surface area contributed by atoms with E-state index in [1.165, 1.54) is 21.8 Å². The fraction of sp³-hybridized carbons (Fsp3) is 0.227. The van der Waals surface area contributed by atoms with Gasteiger partial charge in [0.05, 0.1) is 31.1 Å². The summed E-state index contributed by atoms with van der Waals surface area (Å²) in [6.07, 6.45) is 0. The molecule has 4 rings (SSSR count). The van der Waals surface area contributed by atoms with Crippen LogP contribution in [0.25, 0.3) is 0 Å². The Balaban J connectivity index is 1.32. The van der Waals surface area contributed by atoms with Crippen LogP contribution in [-0.4, -0.2) is 37.0 Å². The van der Waals surface area contributed by atoms with Gasteiger partial charge in [-0.3, -0.25) is 4.79 Å². The Kier molecular flexibility index (Phi) is 5.51. The number of nitrogens with one attached hydrogen (secondary N) is 1. The fourth-order valence-corrected chi connectivity index (χ4v) is 4.08. The van der Waals surface area contributed by atoms with Gasteiger partial charge in [0.15, 0.2) is 0 Å². The Labute approximate surface area is 163 Å². The van der Waals surface area contributed by atoms with Crippen LogP contribution in [-0.2, 0) is 6.54 Å². The maximum Gasteiger partial charge on any atom is 0.264 e. The van der Waals surface area contributed by atoms with Gasteiger partial charge in [0, 0.05) is 5.56 Å². The van der Waals surface area contributed by atoms with E-state index in [0.717, 1.165) is 49.1 Å². The Morgan fingerprint density at radius 2 is 1.74 bits per heavy atom. The van der Waals surface area contributed by atoms with E-state index in [2.05, 4.69) is 12.1 Å². The van der Waals surface area contributed by atoms with Gasteiger partial charge in [-0.25, -0.2) is 0 Å². The lowest BCUT2D eigenvalue weighted by molar-refractivity contribution is -0.917. The van der Waals surface area contributed by atoms with Crippen LogP contribution in [0.2, 0.25) is 0 Å². The molecule has 2 heterocycles. The third-order valence-corrected chi connectivity index (χ3v) is 5.68. The lowest BCUT2D eigenvalue weighted by Gasteiger charge is -2.32. The molecule has 0 spiro atoms. The van der Waals surface area contributed by atoms with Crippen LogP contribution in [0.15, 0.2) is 72.1 Å². The lowest BCUT2D eigenvalue weighted by atomic mass is 10.2. The smallest absolute Gasteiger partial charge is 0.264 e. The fourth-order valence-electron chi connectivity index (χ4n) is 3.39. The summed E-state index contributed by atoms with van der Waals surface area (Å²) in [5.41, 5.74) is 1.26. The summed E-state index contributed by atoms with van der Waals surface area (Å²) in [4.78, 5) is 16.8. The van der Waals surface area contributed by atoms with Crippen molar-refractivity contribution in [3.63, 3.8) is 0 Å². The summed E-state index contributed by atoms with van der Waals surface area (Å²) in [7, 11) is 0. The molecule has 4 nitrogen and oxygen atoms in total. The second-order valence-electron chi connectivity index (χ2n) is 6.76. The highest BCUT2D eigenvalue weighted by Gasteiger charge is 2.25. The molecule has 0 saturated carbocycles. The zero-order valence-electron chi connectivity index (χ0n) is 15.1. The van der Waals surface area contributed by atoms with Gasteiger partial charge in [-0.1, -0.05) is 36.4 Å². The van der Waals surface area contributed by atoms with Gasteiger partial charge in [0.1, 0.15) is 18.0 Å². The maximum atomic E-state index is 12.5. The van der Waals surface area contributed by atoms with Crippen molar-refractivity contribution >= 4 is 17.2 Å². The van der Waals surface area contributed by atoms with Crippen molar-refractivity contribution in [2.24, 2.45) is 0 Å². The van der Waals surface area contributed by atoms with Crippen LogP contribution >= 0.6 is 11.3 Å². The maximum absolute atomic E-state index is 12.5. The molecular weight excluding hydrogens is 356 g/mol. The molecule has 1 aromatic heterocycles. The molecule has 0 atom stereocenters. The molecule has 3 aromatic rings. The van der Waals surface area contributed by atoms with Gasteiger partial charge in [-0.2, -0.15) is 0 Å². The van der Waals surface area contributed by atoms with Gasteiger partial charge in [0.25, 0.3) is 5.91 Å². The number of carbonyl (C=O) groups is 1. The summed E-state index contributed by atoms with van der Waals surface area (Å²) in [6, 6.07) is 22.0. The Morgan fingerprint density at radius 1 is 0.963 bits per heavy atom. The molecule has 0 radical (unpaired) electrons. The first-order valence-corrected chi connectivity index (χ1v) is 10.1. The minimum atomic E-state index is 0.169. The highest BCUT2D eigenvalue weighted by molar-refractivity contribution is 7.12. The summed E-state index contributed by atoms with van der Waals surface area (Å²) in [5.74, 6) is 1.88. The predicted octanol–water partition coefficient (Wildman–Crippen LogP) is 3.08. The number of rotatable bonds is 5. The average molecular weight is 380 g/mol. The van der Waals surface area contributed by atoms with Crippen LogP contribution < -0.4 is 9.64 Å². The van der Waals surface area contributed by atoms with Gasteiger partial charge >= 0.3 is 0 Å². The molecule has 1 fully saturated rings. The van der Waals surface area contributed by atoms with E-state index in [1.807, 2.05) is 64.9 Å². The largest absolute Gasteiger partial charge is 0.457 e. The van der Waals surface area contributed by atoms with Crippen molar-refractivity contribution in [3.05, 3.63) is 82.6 Å². The van der Waals surface area contributed by atoms with Crippen LogP contribution in [0, 0.1) is 0 Å². The van der Waals surface area contributed by atoms with Crippen molar-refractivity contribution in [1.29, 1.82) is 0 Å². The number of hydrogen-bond acceptors (Lipinski definition) is 3. The molecule has 1 saturated heterocycles. The lowest BCUT2D eigenvalue weighted by Crippen LogP contribution is -3.13. The van der Waals surface area contributed by atoms with E-state index < -0.39 is 0 Å². The third kappa shape index (κ3) is 4.56. The van der Waals surface area contributed by atoms with E-state index in [4.69, 9.17) is 4.74 Å². The number of para-hydroxylation sites is 1. The van der Waals surface area contributed by atoms with E-state index in [1.54, 1.807) is 0 Å². The van der Waals surface area contributed by atoms with Crippen LogP contribution in [0.4, 0.5) is 0 Å². The average Bonchev–Trinajstić information content (AvgIpc) is 3.24. The first kappa shape index (κ1) is 17.8. The molecule has 5 heteroatoms. The van der Waals surface area contributed by atoms with E-state index in [9.17, 15) is 4.79 Å². The van der Waals surface area contributed by atoms with Crippen LogP contribution in [0.5, 0.6) is 11.5 Å². The summed E-state index contributed by atoms with van der Waals surface area (Å²) >= 11 is 1.52. The first-order valence-electron chi connectivity index (χ1n) is 9.26. The number of amides is 1. The van der Waals surface area contributed by atoms with Gasteiger partial charge in [-0.05, 0) is 35.7 Å². The van der Waals surface area contributed by atoms with Crippen molar-refractivity contribution in [2.75, 3.05) is 26.2 Å². The Bertz CT molecular complexity index is 872. The molecule has 1 aliphatic heterocycles. The van der Waals surface area contributed by atoms with Crippen LogP contribution in [0.3, 0.4) is 0 Å². The predicted molar refractivity (Wildman–Crippen MR) is 108 cm³/mol. The highest BCUT2D eigenvalue weighted by Crippen LogP contribution is 2.21. The number of carbonyl (C=O) groups excluding carboxylic acids is 1. The van der Waals surface area contributed by atoms with Gasteiger partial charge in [0.2, 0.25) is 0 Å². The number of ether oxygens (including phenoxy) is 1. The number of nitrogens with zero attached hydrogens (tertiary/aromatic N) is 1. The van der Waals surface area contributed by atoms with E-state index in [-0.39, 0.29) is 5.91 Å². The first-order chi connectivity index (χ1) is 13.3. The van der Waals surface area contributed by atoms with Gasteiger partial charge in [-0.15, -0.1) is 11.3 Å². The van der Waals surface area contributed by atoms with Crippen molar-refractivity contribution in [3.8, 4) is 11.5 Å². The van der Waals surface area contributed by atoms with E-state index >= 15 is 0 Å². The Hall–Kier alpha value is -2.63. The number of thiophene rings is 1. The van der Waals surface area contributed by atoms with Gasteiger partial charge < -0.3 is 14.5 Å². The molecule has 0 unspecified atom stereocenters. The molecule has 138 valence electrons. The number of piperazine rings is 1. The summed E-state index contributed by atoms with van der Waals surface area (Å²) in [6.45, 7) is 4.52. The molecule has 1 aliphatic rings. The highest BCUT2D eigenvalue weighted by atomic mass is 32.1. The molecule has 1 N–H and O–H groups in total. The van der Waals surface area contributed by atoms with Crippen molar-refractivity contribution < 1.29 is 14.4 Å². The van der Waals surface area contributed by atoms with Crippen molar-refractivity contribution in [2.45, 2.75) is 6.54 Å². The molecule has 0 bridgehead atoms. The van der Waals surface area contributed by atoms with Crippen LogP contribution in [0.1, 0.15) is 15.2 Å². The molecule has 2 aromatic carbocycles. The second-order valence-corrected chi connectivity index (χ2v) is 7.71. The number of hydrogen-bond donors (Lipinski definition) is 1. The molecule has 1 amide bonds. The minimum absolute atomic E-state index is 0.169. The number of quaternary nitrogens is 1. The Morgan fingerprint density at radius 3 is 2.48 bits per heavy atom. The quantitative estimate of drug-likeness (QED) is 0.739. The number of benzene rings is 2.